The van der Waals surface area contributed by atoms with Gasteiger partial charge in [-0.15, -0.1) is 10.2 Å². The van der Waals surface area contributed by atoms with Gasteiger partial charge in [-0.3, -0.25) is 4.99 Å². The fourth-order valence-corrected chi connectivity index (χ4v) is 3.46. The molecular weight excluding hydrogens is 316 g/mol. The number of ether oxygens (including phenoxy) is 1. The third-order valence-electron chi connectivity index (χ3n) is 5.25. The summed E-state index contributed by atoms with van der Waals surface area (Å²) in [4.78, 5) is 7.35. The van der Waals surface area contributed by atoms with E-state index in [1.807, 2.05) is 6.33 Å². The van der Waals surface area contributed by atoms with Gasteiger partial charge in [0.2, 0.25) is 0 Å². The minimum atomic E-state index is 0.574. The van der Waals surface area contributed by atoms with Gasteiger partial charge in [-0.05, 0) is 25.2 Å². The fourth-order valence-electron chi connectivity index (χ4n) is 3.46. The number of aliphatic imine (C=N–C) groups is 1. The molecule has 2 saturated heterocycles. The van der Waals surface area contributed by atoms with Crippen LogP contribution in [-0.4, -0.2) is 65.0 Å². The number of piperidine rings is 1. The maximum absolute atomic E-state index is 5.48. The molecule has 1 unspecified atom stereocenters. The van der Waals surface area contributed by atoms with Gasteiger partial charge in [-0.25, -0.2) is 0 Å². The minimum Gasteiger partial charge on any atom is -0.381 e. The molecule has 0 amide bonds. The molecule has 0 aromatic carbocycles. The van der Waals surface area contributed by atoms with Gasteiger partial charge in [0.15, 0.2) is 5.96 Å². The summed E-state index contributed by atoms with van der Waals surface area (Å²) in [5.74, 6) is 3.50. The van der Waals surface area contributed by atoms with Crippen molar-refractivity contribution >= 4 is 5.96 Å². The lowest BCUT2D eigenvalue weighted by Gasteiger charge is -2.33. The Kier molecular flexibility index (Phi) is 6.67. The van der Waals surface area contributed by atoms with Crippen LogP contribution in [0.4, 0.5) is 0 Å². The first-order chi connectivity index (χ1) is 12.3. The van der Waals surface area contributed by atoms with Crippen LogP contribution < -0.4 is 5.32 Å². The Balaban J connectivity index is 1.56. The molecule has 2 aliphatic rings. The van der Waals surface area contributed by atoms with E-state index in [1.54, 1.807) is 0 Å². The highest BCUT2D eigenvalue weighted by atomic mass is 16.5. The SMILES string of the molecule is CCc1nncn1CCNC(=NCC1CCOC1)N1CCC(C)CC1. The van der Waals surface area contributed by atoms with E-state index in [4.69, 9.17) is 9.73 Å². The highest BCUT2D eigenvalue weighted by Crippen LogP contribution is 2.17. The number of aryl methyl sites for hydroxylation is 1. The second-order valence-corrected chi connectivity index (χ2v) is 7.28. The zero-order valence-corrected chi connectivity index (χ0v) is 15.7. The van der Waals surface area contributed by atoms with Crippen LogP contribution in [0.3, 0.4) is 0 Å². The standard InChI is InChI=1S/C18H32N6O/c1-3-17-22-21-14-24(17)10-7-19-18(20-12-16-6-11-25-13-16)23-8-4-15(2)5-9-23/h14-16H,3-13H2,1-2H3,(H,19,20). The molecule has 1 N–H and O–H groups in total. The molecule has 0 bridgehead atoms. The van der Waals surface area contributed by atoms with Crippen LogP contribution in [0.1, 0.15) is 38.9 Å². The average molecular weight is 348 g/mol. The number of hydrogen-bond acceptors (Lipinski definition) is 4. The Morgan fingerprint density at radius 3 is 2.92 bits per heavy atom. The van der Waals surface area contributed by atoms with Crippen molar-refractivity contribution in [1.29, 1.82) is 0 Å². The lowest BCUT2D eigenvalue weighted by molar-refractivity contribution is 0.187. The van der Waals surface area contributed by atoms with Crippen LogP contribution in [0.25, 0.3) is 0 Å². The van der Waals surface area contributed by atoms with Gasteiger partial charge in [-0.1, -0.05) is 13.8 Å². The van der Waals surface area contributed by atoms with Crippen LogP contribution in [0.5, 0.6) is 0 Å². The summed E-state index contributed by atoms with van der Waals surface area (Å²) in [7, 11) is 0. The van der Waals surface area contributed by atoms with Gasteiger partial charge in [0.1, 0.15) is 12.2 Å². The highest BCUT2D eigenvalue weighted by molar-refractivity contribution is 5.80. The van der Waals surface area contributed by atoms with Crippen molar-refractivity contribution in [2.24, 2.45) is 16.8 Å². The molecule has 0 spiro atoms. The molecule has 7 heteroatoms. The summed E-state index contributed by atoms with van der Waals surface area (Å²) in [6.07, 6.45) is 6.36. The summed E-state index contributed by atoms with van der Waals surface area (Å²) in [6, 6.07) is 0. The normalized spacial score (nSPS) is 22.6. The molecule has 3 heterocycles. The topological polar surface area (TPSA) is 67.6 Å². The summed E-state index contributed by atoms with van der Waals surface area (Å²) >= 11 is 0. The molecule has 3 rings (SSSR count). The number of nitrogens with one attached hydrogen (secondary N) is 1. The van der Waals surface area contributed by atoms with E-state index < -0.39 is 0 Å². The van der Waals surface area contributed by atoms with Crippen molar-refractivity contribution in [3.63, 3.8) is 0 Å². The van der Waals surface area contributed by atoms with Crippen LogP contribution in [0.2, 0.25) is 0 Å². The summed E-state index contributed by atoms with van der Waals surface area (Å²) in [5, 5.41) is 11.7. The van der Waals surface area contributed by atoms with Crippen LogP contribution in [0, 0.1) is 11.8 Å². The second kappa shape index (κ2) is 9.17. The van der Waals surface area contributed by atoms with E-state index >= 15 is 0 Å². The Hall–Kier alpha value is -1.63. The Labute approximate surface area is 150 Å². The van der Waals surface area contributed by atoms with Crippen LogP contribution in [-0.2, 0) is 17.7 Å². The Morgan fingerprint density at radius 2 is 2.20 bits per heavy atom. The molecule has 0 saturated carbocycles. The monoisotopic (exact) mass is 348 g/mol. The summed E-state index contributed by atoms with van der Waals surface area (Å²) in [5.41, 5.74) is 0. The minimum absolute atomic E-state index is 0.574. The molecule has 140 valence electrons. The molecule has 2 fully saturated rings. The van der Waals surface area contributed by atoms with Gasteiger partial charge < -0.3 is 19.5 Å². The quantitative estimate of drug-likeness (QED) is 0.624. The fraction of sp³-hybridized carbons (Fsp3) is 0.833. The molecule has 25 heavy (non-hydrogen) atoms. The summed E-state index contributed by atoms with van der Waals surface area (Å²) < 4.78 is 7.60. The predicted molar refractivity (Wildman–Crippen MR) is 98.6 cm³/mol. The van der Waals surface area contributed by atoms with Crippen molar-refractivity contribution in [2.45, 2.75) is 46.1 Å². The van der Waals surface area contributed by atoms with E-state index in [2.05, 4.69) is 38.8 Å². The van der Waals surface area contributed by atoms with E-state index in [0.717, 1.165) is 76.5 Å². The zero-order valence-electron chi connectivity index (χ0n) is 15.7. The number of hydrogen-bond donors (Lipinski definition) is 1. The van der Waals surface area contributed by atoms with E-state index in [-0.39, 0.29) is 0 Å². The van der Waals surface area contributed by atoms with Crippen molar-refractivity contribution in [3.8, 4) is 0 Å². The van der Waals surface area contributed by atoms with Gasteiger partial charge >= 0.3 is 0 Å². The second-order valence-electron chi connectivity index (χ2n) is 7.28. The molecule has 0 radical (unpaired) electrons. The Bertz CT molecular complexity index is 544. The number of likely N-dealkylation sites (tertiary alicyclic amines) is 1. The Morgan fingerprint density at radius 1 is 1.36 bits per heavy atom. The largest absolute Gasteiger partial charge is 0.381 e. The van der Waals surface area contributed by atoms with Gasteiger partial charge in [-0.2, -0.15) is 0 Å². The van der Waals surface area contributed by atoms with E-state index in [0.29, 0.717) is 5.92 Å². The molecule has 2 aliphatic heterocycles. The molecular formula is C18H32N6O. The molecule has 1 aromatic rings. The third-order valence-corrected chi connectivity index (χ3v) is 5.25. The first kappa shape index (κ1) is 18.2. The van der Waals surface area contributed by atoms with Crippen LogP contribution >= 0.6 is 0 Å². The first-order valence-corrected chi connectivity index (χ1v) is 9.74. The van der Waals surface area contributed by atoms with Crippen LogP contribution in [0.15, 0.2) is 11.3 Å². The maximum Gasteiger partial charge on any atom is 0.193 e. The number of nitrogens with zero attached hydrogens (tertiary/aromatic N) is 5. The molecule has 1 atom stereocenters. The smallest absolute Gasteiger partial charge is 0.193 e. The van der Waals surface area contributed by atoms with E-state index in [9.17, 15) is 0 Å². The molecule has 1 aromatic heterocycles. The molecule has 7 nitrogen and oxygen atoms in total. The van der Waals surface area contributed by atoms with Crippen molar-refractivity contribution < 1.29 is 4.74 Å². The number of rotatable bonds is 6. The van der Waals surface area contributed by atoms with Crippen molar-refractivity contribution in [1.82, 2.24) is 25.0 Å². The van der Waals surface area contributed by atoms with E-state index in [1.165, 1.54) is 12.8 Å². The number of aromatic nitrogens is 3. The summed E-state index contributed by atoms with van der Waals surface area (Å²) in [6.45, 7) is 11.0. The van der Waals surface area contributed by atoms with Crippen molar-refractivity contribution in [2.75, 3.05) is 39.4 Å². The number of guanidine groups is 1. The maximum atomic E-state index is 5.48. The lowest BCUT2D eigenvalue weighted by atomic mass is 9.99. The zero-order chi connectivity index (χ0) is 17.5. The average Bonchev–Trinajstić information content (AvgIpc) is 3.30. The first-order valence-electron chi connectivity index (χ1n) is 9.74. The molecule has 0 aliphatic carbocycles. The van der Waals surface area contributed by atoms with Gasteiger partial charge in [0.25, 0.3) is 0 Å². The lowest BCUT2D eigenvalue weighted by Crippen LogP contribution is -2.46. The van der Waals surface area contributed by atoms with Crippen molar-refractivity contribution in [3.05, 3.63) is 12.2 Å². The predicted octanol–water partition coefficient (Wildman–Crippen LogP) is 1.55. The highest BCUT2D eigenvalue weighted by Gasteiger charge is 2.20. The van der Waals surface area contributed by atoms with Gasteiger partial charge in [0, 0.05) is 51.7 Å². The third kappa shape index (κ3) is 5.17. The van der Waals surface area contributed by atoms with Gasteiger partial charge in [0.05, 0.1) is 6.61 Å².